The third-order valence-corrected chi connectivity index (χ3v) is 3.52. The molecule has 2 rings (SSSR count). The van der Waals surface area contributed by atoms with E-state index in [9.17, 15) is 9.59 Å². The van der Waals surface area contributed by atoms with Gasteiger partial charge in [-0.3, -0.25) is 0 Å². The second-order valence-corrected chi connectivity index (χ2v) is 8.51. The zero-order valence-corrected chi connectivity index (χ0v) is 17.4. The number of hydrogen-bond donors (Lipinski definition) is 1. The van der Waals surface area contributed by atoms with Gasteiger partial charge in [-0.15, -0.1) is 0 Å². The number of carbonyl (C=O) groups excluding carboxylic acids is 2. The molecule has 1 heterocycles. The van der Waals surface area contributed by atoms with Crippen LogP contribution < -0.4 is 5.32 Å². The van der Waals surface area contributed by atoms with Crippen LogP contribution in [-0.4, -0.2) is 39.1 Å². The predicted octanol–water partition coefficient (Wildman–Crippen LogP) is 3.65. The highest BCUT2D eigenvalue weighted by Gasteiger charge is 2.30. The van der Waals surface area contributed by atoms with Crippen LogP contribution in [0.4, 0.5) is 4.79 Å². The van der Waals surface area contributed by atoms with E-state index in [1.165, 1.54) is 0 Å². The first kappa shape index (κ1) is 21.5. The summed E-state index contributed by atoms with van der Waals surface area (Å²) in [7, 11) is 0. The van der Waals surface area contributed by atoms with Crippen molar-refractivity contribution in [1.29, 1.82) is 0 Å². The van der Waals surface area contributed by atoms with Crippen molar-refractivity contribution in [3.8, 4) is 5.69 Å². The predicted molar refractivity (Wildman–Crippen MR) is 106 cm³/mol. The molecule has 0 fully saturated rings. The first-order valence-electron chi connectivity index (χ1n) is 9.25. The van der Waals surface area contributed by atoms with Crippen LogP contribution in [0.5, 0.6) is 0 Å². The van der Waals surface area contributed by atoms with E-state index in [4.69, 9.17) is 9.47 Å². The smallest absolute Gasteiger partial charge is 0.408 e. The van der Waals surface area contributed by atoms with E-state index < -0.39 is 29.3 Å². The number of aromatic nitrogens is 2. The fourth-order valence-corrected chi connectivity index (χ4v) is 2.51. The largest absolute Gasteiger partial charge is 0.458 e. The number of nitrogens with one attached hydrogen (secondary N) is 1. The van der Waals surface area contributed by atoms with Crippen LogP contribution in [0.25, 0.3) is 5.69 Å². The number of ether oxygens (including phenoxy) is 2. The highest BCUT2D eigenvalue weighted by Crippen LogP contribution is 2.15. The first-order chi connectivity index (χ1) is 12.9. The van der Waals surface area contributed by atoms with Crippen molar-refractivity contribution in [1.82, 2.24) is 15.1 Å². The quantitative estimate of drug-likeness (QED) is 0.792. The molecule has 1 N–H and O–H groups in total. The molecular weight excluding hydrogens is 358 g/mol. The van der Waals surface area contributed by atoms with Crippen LogP contribution in [0.1, 0.15) is 47.2 Å². The summed E-state index contributed by atoms with van der Waals surface area (Å²) in [6.07, 6.45) is 1.19. The third kappa shape index (κ3) is 6.72. The van der Waals surface area contributed by atoms with E-state index in [0.29, 0.717) is 0 Å². The Labute approximate surface area is 166 Å². The molecule has 7 heteroatoms. The van der Waals surface area contributed by atoms with Gasteiger partial charge in [-0.2, -0.15) is 5.10 Å². The van der Waals surface area contributed by atoms with Gasteiger partial charge < -0.3 is 14.8 Å². The molecule has 2 aromatic rings. The van der Waals surface area contributed by atoms with E-state index >= 15 is 0 Å². The molecule has 7 nitrogen and oxygen atoms in total. The molecule has 1 aromatic carbocycles. The zero-order valence-electron chi connectivity index (χ0n) is 17.4. The summed E-state index contributed by atoms with van der Waals surface area (Å²) in [6, 6.07) is 10.5. The molecule has 152 valence electrons. The number of para-hydroxylation sites is 1. The summed E-state index contributed by atoms with van der Waals surface area (Å²) in [5, 5.41) is 6.97. The minimum atomic E-state index is -0.909. The Kier molecular flexibility index (Phi) is 6.48. The fraction of sp³-hybridized carbons (Fsp3) is 0.476. The number of alkyl carbamates (subject to hydrolysis) is 1. The minimum absolute atomic E-state index is 0.211. The van der Waals surface area contributed by atoms with Gasteiger partial charge in [0.05, 0.1) is 5.69 Å². The first-order valence-corrected chi connectivity index (χ1v) is 9.25. The SMILES string of the molecule is CC(C)(C)OC(=O)N[C@@H](Cc1ccnn1-c1ccccc1)C(=O)OC(C)(C)C. The Balaban J connectivity index is 2.24. The Morgan fingerprint density at radius 2 is 1.61 bits per heavy atom. The number of rotatable bonds is 5. The second-order valence-electron chi connectivity index (χ2n) is 8.51. The van der Waals surface area contributed by atoms with Crippen molar-refractivity contribution in [2.24, 2.45) is 0 Å². The molecule has 0 aliphatic heterocycles. The Hall–Kier alpha value is -2.83. The van der Waals surface area contributed by atoms with Crippen molar-refractivity contribution in [3.63, 3.8) is 0 Å². The average molecular weight is 387 g/mol. The summed E-state index contributed by atoms with van der Waals surface area (Å²) >= 11 is 0. The molecule has 0 saturated heterocycles. The minimum Gasteiger partial charge on any atom is -0.458 e. The summed E-state index contributed by atoms with van der Waals surface area (Å²) < 4.78 is 12.5. The van der Waals surface area contributed by atoms with Gasteiger partial charge in [0.1, 0.15) is 17.2 Å². The van der Waals surface area contributed by atoms with Crippen LogP contribution in [0.15, 0.2) is 42.6 Å². The number of carbonyl (C=O) groups is 2. The third-order valence-electron chi connectivity index (χ3n) is 3.52. The van der Waals surface area contributed by atoms with Crippen molar-refractivity contribution in [2.45, 2.75) is 65.2 Å². The molecule has 0 saturated carbocycles. The van der Waals surface area contributed by atoms with Crippen LogP contribution in [-0.2, 0) is 20.7 Å². The molecule has 1 amide bonds. The van der Waals surface area contributed by atoms with E-state index in [1.54, 1.807) is 58.5 Å². The number of hydrogen-bond acceptors (Lipinski definition) is 5. The van der Waals surface area contributed by atoms with E-state index in [2.05, 4.69) is 10.4 Å². The highest BCUT2D eigenvalue weighted by molar-refractivity contribution is 5.82. The van der Waals surface area contributed by atoms with Crippen molar-refractivity contribution in [3.05, 3.63) is 48.3 Å². The lowest BCUT2D eigenvalue weighted by Crippen LogP contribution is -2.47. The van der Waals surface area contributed by atoms with Crippen molar-refractivity contribution >= 4 is 12.1 Å². The van der Waals surface area contributed by atoms with Gasteiger partial charge in [-0.1, -0.05) is 18.2 Å². The normalized spacial score (nSPS) is 12.9. The van der Waals surface area contributed by atoms with Gasteiger partial charge in [0, 0.05) is 18.3 Å². The molecule has 28 heavy (non-hydrogen) atoms. The van der Waals surface area contributed by atoms with Gasteiger partial charge in [-0.05, 0) is 59.7 Å². The zero-order chi connectivity index (χ0) is 20.9. The number of nitrogens with zero attached hydrogens (tertiary/aromatic N) is 2. The van der Waals surface area contributed by atoms with Crippen LogP contribution in [0.3, 0.4) is 0 Å². The standard InChI is InChI=1S/C21H29N3O4/c1-20(2,3)27-18(25)17(23-19(26)28-21(4,5)6)14-16-12-13-22-24(16)15-10-8-7-9-11-15/h7-13,17H,14H2,1-6H3,(H,23,26)/t17-/m0/s1. The van der Waals surface area contributed by atoms with E-state index in [0.717, 1.165) is 11.4 Å². The molecule has 1 aromatic heterocycles. The van der Waals surface area contributed by atoms with Gasteiger partial charge in [-0.25, -0.2) is 14.3 Å². The maximum Gasteiger partial charge on any atom is 0.408 e. The Morgan fingerprint density at radius 1 is 1.00 bits per heavy atom. The summed E-state index contributed by atoms with van der Waals surface area (Å²) in [5.41, 5.74) is 0.278. The van der Waals surface area contributed by atoms with Crippen molar-refractivity contribution in [2.75, 3.05) is 0 Å². The second kappa shape index (κ2) is 8.46. The average Bonchev–Trinajstić information content (AvgIpc) is 3.00. The number of benzene rings is 1. The molecule has 0 unspecified atom stereocenters. The molecule has 0 aliphatic carbocycles. The lowest BCUT2D eigenvalue weighted by molar-refractivity contribution is -0.157. The van der Waals surface area contributed by atoms with Crippen LogP contribution >= 0.6 is 0 Å². The molecule has 0 spiro atoms. The van der Waals surface area contributed by atoms with Crippen LogP contribution in [0.2, 0.25) is 0 Å². The van der Waals surface area contributed by atoms with E-state index in [1.807, 2.05) is 30.3 Å². The van der Waals surface area contributed by atoms with Gasteiger partial charge in [0.15, 0.2) is 0 Å². The molecule has 0 bridgehead atoms. The fourth-order valence-electron chi connectivity index (χ4n) is 2.51. The Morgan fingerprint density at radius 3 is 2.18 bits per heavy atom. The topological polar surface area (TPSA) is 82.5 Å². The summed E-state index contributed by atoms with van der Waals surface area (Å²) in [4.78, 5) is 25.0. The molecular formula is C21H29N3O4. The van der Waals surface area contributed by atoms with Gasteiger partial charge in [0.25, 0.3) is 0 Å². The van der Waals surface area contributed by atoms with E-state index in [-0.39, 0.29) is 6.42 Å². The lowest BCUT2D eigenvalue weighted by Gasteiger charge is -2.26. The van der Waals surface area contributed by atoms with Crippen LogP contribution in [0, 0.1) is 0 Å². The maximum absolute atomic E-state index is 12.7. The molecule has 0 aliphatic rings. The Bertz CT molecular complexity index is 801. The lowest BCUT2D eigenvalue weighted by atomic mass is 10.1. The van der Waals surface area contributed by atoms with Gasteiger partial charge >= 0.3 is 12.1 Å². The monoisotopic (exact) mass is 387 g/mol. The van der Waals surface area contributed by atoms with Crippen molar-refractivity contribution < 1.29 is 19.1 Å². The molecule has 0 radical (unpaired) electrons. The summed E-state index contributed by atoms with van der Waals surface area (Å²) in [5.74, 6) is -0.529. The number of amides is 1. The number of esters is 1. The maximum atomic E-state index is 12.7. The highest BCUT2D eigenvalue weighted by atomic mass is 16.6. The molecule has 1 atom stereocenters. The van der Waals surface area contributed by atoms with Gasteiger partial charge in [0.2, 0.25) is 0 Å². The summed E-state index contributed by atoms with van der Waals surface area (Å²) in [6.45, 7) is 10.6.